The van der Waals surface area contributed by atoms with Crippen molar-refractivity contribution >= 4 is 5.84 Å². The average molecular weight is 257 g/mol. The van der Waals surface area contributed by atoms with Crippen LogP contribution in [0.4, 0.5) is 13.2 Å². The molecule has 102 valence electrons. The van der Waals surface area contributed by atoms with Crippen LogP contribution in [-0.4, -0.2) is 57.1 Å². The molecule has 0 spiro atoms. The average Bonchev–Trinajstić information content (AvgIpc) is 2.19. The van der Waals surface area contributed by atoms with Crippen LogP contribution < -0.4 is 5.73 Å². The van der Waals surface area contributed by atoms with E-state index in [1.807, 2.05) is 0 Å². The van der Waals surface area contributed by atoms with Crippen LogP contribution >= 0.6 is 0 Å². The van der Waals surface area contributed by atoms with Crippen LogP contribution in [0.25, 0.3) is 0 Å². The first-order valence-corrected chi connectivity index (χ1v) is 5.10. The lowest BCUT2D eigenvalue weighted by Gasteiger charge is -2.21. The highest BCUT2D eigenvalue weighted by Crippen LogP contribution is 2.15. The number of methoxy groups -OCH3 is 1. The molecule has 3 N–H and O–H groups in total. The normalized spacial score (nSPS) is 12.1. The quantitative estimate of drug-likeness (QED) is 0.473. The fraction of sp³-hybridized carbons (Fsp3) is 0.889. The monoisotopic (exact) mass is 257 g/mol. The molecule has 0 saturated heterocycles. The number of alkyl halides is 3. The molecule has 0 aromatic carbocycles. The molecular formula is C9H18F3N3O2. The second-order valence-electron chi connectivity index (χ2n) is 3.40. The van der Waals surface area contributed by atoms with Crippen LogP contribution in [0.3, 0.4) is 0 Å². The highest BCUT2D eigenvalue weighted by Gasteiger charge is 2.28. The van der Waals surface area contributed by atoms with E-state index in [1.54, 1.807) is 4.90 Å². The number of nitrogens with one attached hydrogen (secondary N) is 1. The van der Waals surface area contributed by atoms with Gasteiger partial charge < -0.3 is 10.5 Å². The van der Waals surface area contributed by atoms with Crippen molar-refractivity contribution in [2.45, 2.75) is 12.8 Å². The number of nitrogens with two attached hydrogens (primary N) is 1. The van der Waals surface area contributed by atoms with E-state index in [9.17, 15) is 13.2 Å². The maximum atomic E-state index is 11.8. The number of ether oxygens (including phenoxy) is 2. The fourth-order valence-corrected chi connectivity index (χ4v) is 1.12. The highest BCUT2D eigenvalue weighted by molar-refractivity contribution is 5.76. The van der Waals surface area contributed by atoms with E-state index in [2.05, 4.69) is 4.74 Å². The summed E-state index contributed by atoms with van der Waals surface area (Å²) >= 11 is 0. The predicted octanol–water partition coefficient (Wildman–Crippen LogP) is 0.797. The van der Waals surface area contributed by atoms with Crippen molar-refractivity contribution in [3.8, 4) is 0 Å². The Labute approximate surface area is 98.2 Å². The maximum absolute atomic E-state index is 11.8. The number of amidine groups is 1. The van der Waals surface area contributed by atoms with E-state index in [1.165, 1.54) is 7.11 Å². The Morgan fingerprint density at radius 2 is 1.82 bits per heavy atom. The van der Waals surface area contributed by atoms with E-state index in [0.717, 1.165) is 0 Å². The van der Waals surface area contributed by atoms with Crippen molar-refractivity contribution in [2.75, 3.05) is 40.0 Å². The molecule has 0 atom stereocenters. The number of hydrogen-bond acceptors (Lipinski definition) is 4. The van der Waals surface area contributed by atoms with Gasteiger partial charge in [0.1, 0.15) is 0 Å². The van der Waals surface area contributed by atoms with Crippen molar-refractivity contribution < 1.29 is 22.6 Å². The van der Waals surface area contributed by atoms with Crippen molar-refractivity contribution in [3.05, 3.63) is 0 Å². The van der Waals surface area contributed by atoms with Gasteiger partial charge in [0.2, 0.25) is 0 Å². The lowest BCUT2D eigenvalue weighted by atomic mass is 10.3. The molecule has 0 amide bonds. The molecule has 0 aromatic rings. The van der Waals surface area contributed by atoms with Crippen molar-refractivity contribution in [1.82, 2.24) is 4.90 Å². The van der Waals surface area contributed by atoms with Crippen LogP contribution in [0, 0.1) is 5.41 Å². The summed E-state index contributed by atoms with van der Waals surface area (Å²) in [5.74, 6) is 0.00385. The molecular weight excluding hydrogens is 239 g/mol. The van der Waals surface area contributed by atoms with Gasteiger partial charge in [0.05, 0.1) is 19.0 Å². The van der Waals surface area contributed by atoms with Crippen LogP contribution in [0.5, 0.6) is 0 Å². The largest absolute Gasteiger partial charge is 0.522 e. The maximum Gasteiger partial charge on any atom is 0.522 e. The Bertz CT molecular complexity index is 224. The van der Waals surface area contributed by atoms with Gasteiger partial charge in [0.15, 0.2) is 0 Å². The molecule has 17 heavy (non-hydrogen) atoms. The summed E-state index contributed by atoms with van der Waals surface area (Å²) in [6.45, 7) is 0.982. The highest BCUT2D eigenvalue weighted by atomic mass is 19.4. The minimum atomic E-state index is -4.60. The van der Waals surface area contributed by atoms with Crippen LogP contribution in [0.15, 0.2) is 0 Å². The standard InChI is InChI=1S/C9H18F3N3O2/c1-16-6-4-15(3-2-8(13)14)5-7-17-9(10,11)12/h2-7H2,1H3,(H3,13,14). The second kappa shape index (κ2) is 8.26. The Balaban J connectivity index is 3.88. The van der Waals surface area contributed by atoms with E-state index < -0.39 is 13.0 Å². The van der Waals surface area contributed by atoms with Crippen LogP contribution in [0.1, 0.15) is 6.42 Å². The van der Waals surface area contributed by atoms with Gasteiger partial charge in [-0.3, -0.25) is 15.0 Å². The molecule has 0 radical (unpaired) electrons. The molecule has 0 aliphatic carbocycles. The van der Waals surface area contributed by atoms with Gasteiger partial charge in [-0.15, -0.1) is 13.2 Å². The van der Waals surface area contributed by atoms with Gasteiger partial charge in [0.25, 0.3) is 0 Å². The Hall–Kier alpha value is -0.860. The summed E-state index contributed by atoms with van der Waals surface area (Å²) in [4.78, 5) is 1.70. The molecule has 0 aliphatic heterocycles. The van der Waals surface area contributed by atoms with Gasteiger partial charge in [-0.1, -0.05) is 0 Å². The van der Waals surface area contributed by atoms with Crippen molar-refractivity contribution in [1.29, 1.82) is 5.41 Å². The Morgan fingerprint density at radius 3 is 2.29 bits per heavy atom. The van der Waals surface area contributed by atoms with E-state index in [-0.39, 0.29) is 12.4 Å². The third-order valence-electron chi connectivity index (χ3n) is 1.98. The molecule has 0 bridgehead atoms. The lowest BCUT2D eigenvalue weighted by molar-refractivity contribution is -0.325. The third-order valence-corrected chi connectivity index (χ3v) is 1.98. The number of nitrogens with zero attached hydrogens (tertiary/aromatic N) is 1. The molecule has 0 heterocycles. The summed E-state index contributed by atoms with van der Waals surface area (Å²) in [6.07, 6.45) is -4.29. The topological polar surface area (TPSA) is 71.6 Å². The predicted molar refractivity (Wildman–Crippen MR) is 56.9 cm³/mol. The SMILES string of the molecule is COCCN(CCOC(F)(F)F)CCC(=N)N. The first kappa shape index (κ1) is 16.1. The van der Waals surface area contributed by atoms with Gasteiger partial charge in [0, 0.05) is 33.2 Å². The minimum absolute atomic E-state index is 0.00385. The van der Waals surface area contributed by atoms with E-state index >= 15 is 0 Å². The first-order valence-electron chi connectivity index (χ1n) is 5.10. The van der Waals surface area contributed by atoms with Gasteiger partial charge >= 0.3 is 6.36 Å². The first-order chi connectivity index (χ1) is 7.85. The minimum Gasteiger partial charge on any atom is -0.388 e. The zero-order valence-electron chi connectivity index (χ0n) is 9.72. The van der Waals surface area contributed by atoms with Crippen LogP contribution in [0.2, 0.25) is 0 Å². The second-order valence-corrected chi connectivity index (χ2v) is 3.40. The summed E-state index contributed by atoms with van der Waals surface area (Å²) in [7, 11) is 1.51. The fourth-order valence-electron chi connectivity index (χ4n) is 1.12. The van der Waals surface area contributed by atoms with Gasteiger partial charge in [-0.05, 0) is 0 Å². The van der Waals surface area contributed by atoms with E-state index in [4.69, 9.17) is 15.9 Å². The molecule has 0 aromatic heterocycles. The molecule has 0 fully saturated rings. The summed E-state index contributed by atoms with van der Waals surface area (Å²) in [5.41, 5.74) is 5.18. The zero-order valence-corrected chi connectivity index (χ0v) is 9.72. The lowest BCUT2D eigenvalue weighted by Crippen LogP contribution is -2.34. The molecule has 0 unspecified atom stereocenters. The molecule has 0 aliphatic rings. The molecule has 0 rings (SSSR count). The molecule has 0 saturated carbocycles. The molecule has 8 heteroatoms. The number of hydrogen-bond donors (Lipinski definition) is 2. The van der Waals surface area contributed by atoms with E-state index in [0.29, 0.717) is 26.1 Å². The smallest absolute Gasteiger partial charge is 0.388 e. The summed E-state index contributed by atoms with van der Waals surface area (Å²) < 4.78 is 43.8. The summed E-state index contributed by atoms with van der Waals surface area (Å²) in [6, 6.07) is 0. The Kier molecular flexibility index (Phi) is 7.85. The zero-order chi connectivity index (χ0) is 13.3. The van der Waals surface area contributed by atoms with Crippen molar-refractivity contribution in [2.24, 2.45) is 5.73 Å². The van der Waals surface area contributed by atoms with Gasteiger partial charge in [-0.2, -0.15) is 0 Å². The van der Waals surface area contributed by atoms with Crippen molar-refractivity contribution in [3.63, 3.8) is 0 Å². The number of halogens is 3. The Morgan fingerprint density at radius 1 is 1.24 bits per heavy atom. The van der Waals surface area contributed by atoms with Gasteiger partial charge in [-0.25, -0.2) is 0 Å². The third kappa shape index (κ3) is 11.4. The number of rotatable bonds is 9. The summed E-state index contributed by atoms with van der Waals surface area (Å²) in [5, 5.41) is 7.05. The molecule has 5 nitrogen and oxygen atoms in total. The van der Waals surface area contributed by atoms with Crippen LogP contribution in [-0.2, 0) is 9.47 Å².